The van der Waals surface area contributed by atoms with Crippen molar-refractivity contribution in [1.82, 2.24) is 9.97 Å². The lowest BCUT2D eigenvalue weighted by Gasteiger charge is -2.09. The zero-order valence-corrected chi connectivity index (χ0v) is 14.9. The first-order valence-corrected chi connectivity index (χ1v) is 9.31. The lowest BCUT2D eigenvalue weighted by Crippen LogP contribution is -2.14. The number of benzene rings is 1. The van der Waals surface area contributed by atoms with Crippen LogP contribution < -0.4 is 14.8 Å². The van der Waals surface area contributed by atoms with Gasteiger partial charge in [0.05, 0.1) is 23.9 Å². The SMILES string of the molecule is COc1ccc(S(=O)(=O)Nc2ccc(NCc3cccnc3)cn2)cc1. The average molecular weight is 370 g/mol. The summed E-state index contributed by atoms with van der Waals surface area (Å²) >= 11 is 0. The number of rotatable bonds is 7. The van der Waals surface area contributed by atoms with Crippen molar-refractivity contribution in [1.29, 1.82) is 0 Å². The number of hydrogen-bond acceptors (Lipinski definition) is 6. The molecule has 0 bridgehead atoms. The molecule has 26 heavy (non-hydrogen) atoms. The quantitative estimate of drug-likeness (QED) is 0.664. The molecule has 0 radical (unpaired) electrons. The topological polar surface area (TPSA) is 93.2 Å². The Balaban J connectivity index is 1.64. The standard InChI is InChI=1S/C18H18N4O3S/c1-25-16-5-7-17(8-6-16)26(23,24)22-18-9-4-15(13-21-18)20-12-14-3-2-10-19-11-14/h2-11,13,20H,12H2,1H3,(H,21,22). The van der Waals surface area contributed by atoms with E-state index in [1.54, 1.807) is 42.9 Å². The Morgan fingerprint density at radius 3 is 2.46 bits per heavy atom. The molecule has 3 aromatic rings. The Bertz CT molecular complexity index is 944. The van der Waals surface area contributed by atoms with Crippen molar-refractivity contribution in [2.24, 2.45) is 0 Å². The van der Waals surface area contributed by atoms with Crippen LogP contribution in [0.2, 0.25) is 0 Å². The minimum Gasteiger partial charge on any atom is -0.497 e. The predicted octanol–water partition coefficient (Wildman–Crippen LogP) is 2.90. The third kappa shape index (κ3) is 4.48. The summed E-state index contributed by atoms with van der Waals surface area (Å²) in [5.41, 5.74) is 1.82. The number of nitrogens with zero attached hydrogens (tertiary/aromatic N) is 2. The summed E-state index contributed by atoms with van der Waals surface area (Å²) in [5, 5.41) is 3.20. The summed E-state index contributed by atoms with van der Waals surface area (Å²) in [5.74, 6) is 0.832. The highest BCUT2D eigenvalue weighted by Gasteiger charge is 2.14. The van der Waals surface area contributed by atoms with Crippen LogP contribution >= 0.6 is 0 Å². The number of nitrogens with one attached hydrogen (secondary N) is 2. The first-order valence-electron chi connectivity index (χ1n) is 7.82. The van der Waals surface area contributed by atoms with Gasteiger partial charge in [0.2, 0.25) is 0 Å². The largest absolute Gasteiger partial charge is 0.497 e. The van der Waals surface area contributed by atoms with Crippen LogP contribution in [0.4, 0.5) is 11.5 Å². The van der Waals surface area contributed by atoms with Gasteiger partial charge in [0.15, 0.2) is 0 Å². The van der Waals surface area contributed by atoms with Gasteiger partial charge in [-0.05, 0) is 48.0 Å². The molecule has 2 heterocycles. The van der Waals surface area contributed by atoms with Crippen LogP contribution in [0, 0.1) is 0 Å². The van der Waals surface area contributed by atoms with Crippen LogP contribution in [0.15, 0.2) is 72.0 Å². The zero-order valence-electron chi connectivity index (χ0n) is 14.1. The van der Waals surface area contributed by atoms with Gasteiger partial charge >= 0.3 is 0 Å². The van der Waals surface area contributed by atoms with Gasteiger partial charge in [0, 0.05) is 18.9 Å². The molecule has 0 aliphatic carbocycles. The molecular formula is C18H18N4O3S. The Hall–Kier alpha value is -3.13. The lowest BCUT2D eigenvalue weighted by molar-refractivity contribution is 0.414. The molecule has 0 amide bonds. The molecule has 0 spiro atoms. The second kappa shape index (κ2) is 7.83. The van der Waals surface area contributed by atoms with Gasteiger partial charge in [-0.25, -0.2) is 13.4 Å². The van der Waals surface area contributed by atoms with E-state index >= 15 is 0 Å². The molecule has 1 aromatic carbocycles. The third-order valence-corrected chi connectivity index (χ3v) is 4.96. The van der Waals surface area contributed by atoms with Crippen LogP contribution in [0.25, 0.3) is 0 Å². The molecule has 8 heteroatoms. The maximum absolute atomic E-state index is 12.4. The summed E-state index contributed by atoms with van der Waals surface area (Å²) in [6.07, 6.45) is 5.06. The Kier molecular flexibility index (Phi) is 5.33. The van der Waals surface area contributed by atoms with Crippen molar-refractivity contribution in [3.8, 4) is 5.75 Å². The van der Waals surface area contributed by atoms with Crippen LogP contribution in [0.5, 0.6) is 5.75 Å². The number of sulfonamides is 1. The smallest absolute Gasteiger partial charge is 0.263 e. The minimum atomic E-state index is -3.70. The minimum absolute atomic E-state index is 0.138. The Morgan fingerprint density at radius 1 is 1.04 bits per heavy atom. The summed E-state index contributed by atoms with van der Waals surface area (Å²) in [6, 6.07) is 13.3. The molecule has 2 N–H and O–H groups in total. The zero-order chi connectivity index (χ0) is 18.4. The molecule has 0 saturated carbocycles. The number of aromatic nitrogens is 2. The number of pyridine rings is 2. The normalized spacial score (nSPS) is 11.0. The number of ether oxygens (including phenoxy) is 1. The predicted molar refractivity (Wildman–Crippen MR) is 99.6 cm³/mol. The van der Waals surface area contributed by atoms with E-state index < -0.39 is 10.0 Å². The van der Waals surface area contributed by atoms with Crippen molar-refractivity contribution in [3.05, 3.63) is 72.7 Å². The number of hydrogen-bond donors (Lipinski definition) is 2. The van der Waals surface area contributed by atoms with Crippen LogP contribution in [-0.2, 0) is 16.6 Å². The first kappa shape index (κ1) is 17.7. The van der Waals surface area contributed by atoms with Gasteiger partial charge in [-0.1, -0.05) is 6.07 Å². The third-order valence-electron chi connectivity index (χ3n) is 3.59. The highest BCUT2D eigenvalue weighted by Crippen LogP contribution is 2.19. The lowest BCUT2D eigenvalue weighted by atomic mass is 10.3. The molecule has 0 aliphatic heterocycles. The highest BCUT2D eigenvalue weighted by molar-refractivity contribution is 7.92. The highest BCUT2D eigenvalue weighted by atomic mass is 32.2. The molecule has 134 valence electrons. The maximum Gasteiger partial charge on any atom is 0.263 e. The van der Waals surface area contributed by atoms with Crippen LogP contribution in [0.3, 0.4) is 0 Å². The molecule has 0 atom stereocenters. The monoisotopic (exact) mass is 370 g/mol. The molecular weight excluding hydrogens is 352 g/mol. The van der Waals surface area contributed by atoms with Crippen molar-refractivity contribution in [2.75, 3.05) is 17.1 Å². The van der Waals surface area contributed by atoms with Gasteiger partial charge in [-0.3, -0.25) is 9.71 Å². The second-order valence-corrected chi connectivity index (χ2v) is 7.11. The summed E-state index contributed by atoms with van der Waals surface area (Å²) in [4.78, 5) is 8.33. The van der Waals surface area contributed by atoms with Crippen molar-refractivity contribution < 1.29 is 13.2 Å². The van der Waals surface area contributed by atoms with E-state index in [1.807, 2.05) is 12.1 Å². The fourth-order valence-corrected chi connectivity index (χ4v) is 3.23. The van der Waals surface area contributed by atoms with Gasteiger partial charge in [0.1, 0.15) is 11.6 Å². The fraction of sp³-hybridized carbons (Fsp3) is 0.111. The van der Waals surface area contributed by atoms with Crippen molar-refractivity contribution >= 4 is 21.5 Å². The molecule has 0 fully saturated rings. The van der Waals surface area contributed by atoms with Crippen LogP contribution in [-0.4, -0.2) is 25.5 Å². The van der Waals surface area contributed by atoms with Gasteiger partial charge < -0.3 is 10.1 Å². The molecule has 2 aromatic heterocycles. The van der Waals surface area contributed by atoms with Crippen molar-refractivity contribution in [2.45, 2.75) is 11.4 Å². The molecule has 0 saturated heterocycles. The van der Waals surface area contributed by atoms with E-state index in [0.29, 0.717) is 12.3 Å². The molecule has 3 rings (SSSR count). The van der Waals surface area contributed by atoms with E-state index in [-0.39, 0.29) is 10.7 Å². The van der Waals surface area contributed by atoms with E-state index in [4.69, 9.17) is 4.74 Å². The molecule has 0 aliphatic rings. The maximum atomic E-state index is 12.4. The van der Waals surface area contributed by atoms with E-state index in [9.17, 15) is 8.42 Å². The average Bonchev–Trinajstić information content (AvgIpc) is 2.68. The van der Waals surface area contributed by atoms with Gasteiger partial charge in [0.25, 0.3) is 10.0 Å². The molecule has 7 nitrogen and oxygen atoms in total. The van der Waals surface area contributed by atoms with Crippen molar-refractivity contribution in [3.63, 3.8) is 0 Å². The Morgan fingerprint density at radius 2 is 1.85 bits per heavy atom. The van der Waals surface area contributed by atoms with Gasteiger partial charge in [-0.15, -0.1) is 0 Å². The number of methoxy groups -OCH3 is 1. The summed E-state index contributed by atoms with van der Waals surface area (Å²) in [7, 11) is -2.18. The summed E-state index contributed by atoms with van der Waals surface area (Å²) < 4.78 is 32.3. The molecule has 0 unspecified atom stereocenters. The van der Waals surface area contributed by atoms with E-state index in [1.165, 1.54) is 19.2 Å². The first-order chi connectivity index (χ1) is 12.6. The van der Waals surface area contributed by atoms with E-state index in [2.05, 4.69) is 20.0 Å². The number of anilines is 2. The fourth-order valence-electron chi connectivity index (χ4n) is 2.22. The van der Waals surface area contributed by atoms with Crippen LogP contribution in [0.1, 0.15) is 5.56 Å². The Labute approximate surface area is 152 Å². The summed E-state index contributed by atoms with van der Waals surface area (Å²) in [6.45, 7) is 0.604. The second-order valence-electron chi connectivity index (χ2n) is 5.43. The van der Waals surface area contributed by atoms with Gasteiger partial charge in [-0.2, -0.15) is 0 Å². The van der Waals surface area contributed by atoms with E-state index in [0.717, 1.165) is 11.3 Å².